The lowest BCUT2D eigenvalue weighted by atomic mass is 9.98. The summed E-state index contributed by atoms with van der Waals surface area (Å²) in [4.78, 5) is 15.7. The summed E-state index contributed by atoms with van der Waals surface area (Å²) >= 11 is 1.44. The molecule has 0 fully saturated rings. The van der Waals surface area contributed by atoms with Crippen LogP contribution in [0.5, 0.6) is 11.5 Å². The Kier molecular flexibility index (Phi) is 7.42. The molecular formula is C23H26N4O4S. The molecule has 0 saturated heterocycles. The second kappa shape index (κ2) is 10.2. The summed E-state index contributed by atoms with van der Waals surface area (Å²) in [7, 11) is 0. The molecule has 1 aromatic heterocycles. The molecule has 0 radical (unpaired) electrons. The zero-order chi connectivity index (χ0) is 23.3. The number of nitrogens with zero attached hydrogens (tertiary/aromatic N) is 3. The number of aromatic nitrogens is 1. The number of thiazole rings is 1. The third kappa shape index (κ3) is 5.23. The topological polar surface area (TPSA) is 98.9 Å². The molecule has 0 bridgehead atoms. The van der Waals surface area contributed by atoms with Crippen LogP contribution in [-0.4, -0.2) is 29.3 Å². The largest absolute Gasteiger partial charge is 0.490 e. The monoisotopic (exact) mass is 454 g/mol. The third-order valence-electron chi connectivity index (χ3n) is 4.65. The van der Waals surface area contributed by atoms with Crippen molar-refractivity contribution in [3.63, 3.8) is 0 Å². The van der Waals surface area contributed by atoms with Gasteiger partial charge in [-0.2, -0.15) is 5.10 Å². The second-order valence-corrected chi connectivity index (χ2v) is 8.03. The second-order valence-electron chi connectivity index (χ2n) is 7.17. The van der Waals surface area contributed by atoms with Gasteiger partial charge in [-0.25, -0.2) is 4.98 Å². The van der Waals surface area contributed by atoms with E-state index in [4.69, 9.17) is 9.47 Å². The molecule has 2 aromatic carbocycles. The number of rotatable bonds is 9. The lowest BCUT2D eigenvalue weighted by Gasteiger charge is -2.11. The third-order valence-corrected chi connectivity index (χ3v) is 5.40. The van der Waals surface area contributed by atoms with E-state index >= 15 is 0 Å². The van der Waals surface area contributed by atoms with Crippen molar-refractivity contribution in [1.29, 1.82) is 0 Å². The Labute approximate surface area is 191 Å². The molecule has 32 heavy (non-hydrogen) atoms. The minimum atomic E-state index is -0.488. The minimum absolute atomic E-state index is 0.123. The van der Waals surface area contributed by atoms with Gasteiger partial charge in [-0.1, -0.05) is 17.7 Å². The first kappa shape index (κ1) is 23.2. The first-order chi connectivity index (χ1) is 15.3. The van der Waals surface area contributed by atoms with Gasteiger partial charge < -0.3 is 9.47 Å². The number of benzene rings is 2. The zero-order valence-electron chi connectivity index (χ0n) is 18.8. The van der Waals surface area contributed by atoms with Crippen LogP contribution >= 0.6 is 11.3 Å². The van der Waals surface area contributed by atoms with Gasteiger partial charge in [0.1, 0.15) is 0 Å². The number of nitrogens with one attached hydrogen (secondary N) is 1. The summed E-state index contributed by atoms with van der Waals surface area (Å²) in [5.41, 5.74) is 8.83. The number of hydrogen-bond donors (Lipinski definition) is 1. The van der Waals surface area contributed by atoms with Crippen LogP contribution in [0.4, 0.5) is 10.8 Å². The van der Waals surface area contributed by atoms with Crippen molar-refractivity contribution >= 4 is 28.4 Å². The van der Waals surface area contributed by atoms with E-state index in [1.165, 1.54) is 40.3 Å². The lowest BCUT2D eigenvalue weighted by molar-refractivity contribution is -0.385. The predicted molar refractivity (Wildman–Crippen MR) is 128 cm³/mol. The first-order valence-corrected chi connectivity index (χ1v) is 11.1. The molecule has 1 N–H and O–H groups in total. The van der Waals surface area contributed by atoms with Gasteiger partial charge in [-0.05, 0) is 51.8 Å². The smallest absolute Gasteiger partial charge is 0.315 e. The Morgan fingerprint density at radius 1 is 1.12 bits per heavy atom. The van der Waals surface area contributed by atoms with Crippen molar-refractivity contribution in [2.75, 3.05) is 18.6 Å². The van der Waals surface area contributed by atoms with Crippen LogP contribution < -0.4 is 14.9 Å². The summed E-state index contributed by atoms with van der Waals surface area (Å²) in [6, 6.07) is 7.35. The Balaban J connectivity index is 1.83. The molecule has 3 rings (SSSR count). The number of anilines is 1. The zero-order valence-corrected chi connectivity index (χ0v) is 19.6. The summed E-state index contributed by atoms with van der Waals surface area (Å²) < 4.78 is 11.0. The SMILES string of the molecule is CCOc1cc(/C=N\Nc2nc(-c3c(C)cc(C)cc3C)cs2)cc([N+](=O)[O-])c1OCC. The minimum Gasteiger partial charge on any atom is -0.490 e. The molecule has 0 amide bonds. The molecule has 0 atom stereocenters. The van der Waals surface area contributed by atoms with Gasteiger partial charge in [-0.3, -0.25) is 15.5 Å². The van der Waals surface area contributed by atoms with Crippen LogP contribution in [-0.2, 0) is 0 Å². The molecule has 0 spiro atoms. The van der Waals surface area contributed by atoms with Crippen molar-refractivity contribution in [2.45, 2.75) is 34.6 Å². The van der Waals surface area contributed by atoms with Crippen molar-refractivity contribution in [2.24, 2.45) is 5.10 Å². The van der Waals surface area contributed by atoms with Crippen molar-refractivity contribution in [3.8, 4) is 22.8 Å². The average molecular weight is 455 g/mol. The van der Waals surface area contributed by atoms with Gasteiger partial charge >= 0.3 is 5.69 Å². The highest BCUT2D eigenvalue weighted by atomic mass is 32.1. The normalized spacial score (nSPS) is 11.0. The van der Waals surface area contributed by atoms with E-state index in [2.05, 4.69) is 48.4 Å². The van der Waals surface area contributed by atoms with Crippen LogP contribution in [0.15, 0.2) is 34.7 Å². The van der Waals surface area contributed by atoms with Crippen LogP contribution in [0.3, 0.4) is 0 Å². The molecule has 8 nitrogen and oxygen atoms in total. The van der Waals surface area contributed by atoms with Gasteiger partial charge in [-0.15, -0.1) is 11.3 Å². The molecule has 9 heteroatoms. The number of aryl methyl sites for hydroxylation is 3. The molecule has 0 aliphatic heterocycles. The highest BCUT2D eigenvalue weighted by Crippen LogP contribution is 2.38. The summed E-state index contributed by atoms with van der Waals surface area (Å²) in [6.07, 6.45) is 1.49. The van der Waals surface area contributed by atoms with Gasteiger partial charge in [0.05, 0.1) is 30.0 Å². The fourth-order valence-corrected chi connectivity index (χ4v) is 4.21. The Bertz CT molecular complexity index is 1130. The Morgan fingerprint density at radius 3 is 2.44 bits per heavy atom. The molecule has 0 aliphatic carbocycles. The molecule has 3 aromatic rings. The standard InChI is InChI=1S/C23H26N4O4S/c1-6-30-20-11-17(10-19(27(28)29)22(20)31-7-2)12-24-26-23-25-18(13-32-23)21-15(4)8-14(3)9-16(21)5/h8-13H,6-7H2,1-5H3,(H,25,26)/b24-12-. The van der Waals surface area contributed by atoms with E-state index in [0.717, 1.165) is 11.3 Å². The van der Waals surface area contributed by atoms with E-state index in [0.29, 0.717) is 29.7 Å². The number of nitro benzene ring substituents is 1. The summed E-state index contributed by atoms with van der Waals surface area (Å²) in [5, 5.41) is 18.3. The lowest BCUT2D eigenvalue weighted by Crippen LogP contribution is -2.03. The van der Waals surface area contributed by atoms with Crippen LogP contribution in [0.1, 0.15) is 36.1 Å². The number of nitro groups is 1. The molecular weight excluding hydrogens is 428 g/mol. The maximum atomic E-state index is 11.5. The number of hydrogen-bond acceptors (Lipinski definition) is 8. The van der Waals surface area contributed by atoms with Crippen molar-refractivity contribution < 1.29 is 14.4 Å². The molecule has 0 unspecified atom stereocenters. The van der Waals surface area contributed by atoms with Gasteiger partial charge in [0.2, 0.25) is 10.9 Å². The quantitative estimate of drug-likeness (QED) is 0.246. The fraction of sp³-hybridized carbons (Fsp3) is 0.304. The Hall–Kier alpha value is -3.46. The summed E-state index contributed by atoms with van der Waals surface area (Å²) in [5.74, 6) is 0.435. The molecule has 1 heterocycles. The van der Waals surface area contributed by atoms with E-state index in [9.17, 15) is 10.1 Å². The van der Waals surface area contributed by atoms with Gasteiger partial charge in [0.25, 0.3) is 0 Å². The van der Waals surface area contributed by atoms with Crippen molar-refractivity contribution in [1.82, 2.24) is 4.98 Å². The highest BCUT2D eigenvalue weighted by Gasteiger charge is 2.22. The summed E-state index contributed by atoms with van der Waals surface area (Å²) in [6.45, 7) is 10.5. The van der Waals surface area contributed by atoms with Crippen LogP contribution in [0.25, 0.3) is 11.3 Å². The number of hydrazone groups is 1. The fourth-order valence-electron chi connectivity index (χ4n) is 3.56. The molecule has 0 aliphatic rings. The predicted octanol–water partition coefficient (Wildman–Crippen LogP) is 5.89. The van der Waals surface area contributed by atoms with Gasteiger partial charge in [0, 0.05) is 22.6 Å². The molecule has 0 saturated carbocycles. The molecule has 168 valence electrons. The van der Waals surface area contributed by atoms with Gasteiger partial charge in [0.15, 0.2) is 5.75 Å². The maximum Gasteiger partial charge on any atom is 0.315 e. The first-order valence-electron chi connectivity index (χ1n) is 10.2. The average Bonchev–Trinajstić information content (AvgIpc) is 3.17. The van der Waals surface area contributed by atoms with E-state index in [1.807, 2.05) is 5.38 Å². The van der Waals surface area contributed by atoms with Crippen LogP contribution in [0.2, 0.25) is 0 Å². The van der Waals surface area contributed by atoms with E-state index < -0.39 is 4.92 Å². The number of ether oxygens (including phenoxy) is 2. The van der Waals surface area contributed by atoms with Crippen LogP contribution in [0, 0.1) is 30.9 Å². The van der Waals surface area contributed by atoms with E-state index in [1.54, 1.807) is 19.9 Å². The highest BCUT2D eigenvalue weighted by molar-refractivity contribution is 7.14. The maximum absolute atomic E-state index is 11.5. The van der Waals surface area contributed by atoms with Crippen molar-refractivity contribution in [3.05, 3.63) is 62.0 Å². The van der Waals surface area contributed by atoms with E-state index in [-0.39, 0.29) is 11.4 Å². The Morgan fingerprint density at radius 2 is 1.81 bits per heavy atom.